The van der Waals surface area contributed by atoms with E-state index in [1.807, 2.05) is 12.1 Å². The minimum atomic E-state index is -0.138. The van der Waals surface area contributed by atoms with Crippen molar-refractivity contribution in [2.45, 2.75) is 49.9 Å². The Morgan fingerprint density at radius 1 is 0.941 bits per heavy atom. The van der Waals surface area contributed by atoms with Crippen LogP contribution in [-0.2, 0) is 0 Å². The summed E-state index contributed by atoms with van der Waals surface area (Å²) in [5.41, 5.74) is 1.21. The van der Waals surface area contributed by atoms with E-state index in [1.165, 1.54) is 31.4 Å². The maximum absolute atomic E-state index is 13.0. The fourth-order valence-electron chi connectivity index (χ4n) is 4.09. The predicted molar refractivity (Wildman–Crippen MR) is 65.6 cm³/mol. The summed E-state index contributed by atoms with van der Waals surface area (Å²) < 4.78 is 13.0. The van der Waals surface area contributed by atoms with Gasteiger partial charge in [0, 0.05) is 29.9 Å². The maximum atomic E-state index is 13.0. The van der Waals surface area contributed by atoms with Crippen LogP contribution in [0.3, 0.4) is 0 Å². The van der Waals surface area contributed by atoms with Gasteiger partial charge in [-0.25, -0.2) is 4.39 Å². The molecular weight excluding hydrogens is 215 g/mol. The number of halogens is 1. The van der Waals surface area contributed by atoms with Gasteiger partial charge in [0.25, 0.3) is 0 Å². The van der Waals surface area contributed by atoms with Gasteiger partial charge in [0.05, 0.1) is 0 Å². The van der Waals surface area contributed by atoms with Crippen LogP contribution in [0.15, 0.2) is 24.3 Å². The van der Waals surface area contributed by atoms with Gasteiger partial charge in [-0.1, -0.05) is 0 Å². The molecule has 0 unspecified atom stereocenters. The number of rotatable bonds is 1. The summed E-state index contributed by atoms with van der Waals surface area (Å²) in [6.45, 7) is 0. The zero-order valence-corrected chi connectivity index (χ0v) is 9.77. The van der Waals surface area contributed by atoms with Crippen LogP contribution in [0.2, 0.25) is 0 Å². The minimum Gasteiger partial charge on any atom is -0.365 e. The first-order valence-electron chi connectivity index (χ1n) is 6.59. The number of hydrogen-bond acceptors (Lipinski definition) is 2. The van der Waals surface area contributed by atoms with Gasteiger partial charge >= 0.3 is 0 Å². The van der Waals surface area contributed by atoms with Gasteiger partial charge in [-0.3, -0.25) is 0 Å². The summed E-state index contributed by atoms with van der Waals surface area (Å²) in [6, 6.07) is 9.84. The van der Waals surface area contributed by atoms with Gasteiger partial charge in [-0.2, -0.15) is 0 Å². The standard InChI is InChI=1S/C14H17FN2/c15-9-1-3-12(4-2-9)17-13-5-10-6-14(17)8-11(7-13)16-10/h1-4,10-11,13-14,16H,5-8H2. The quantitative estimate of drug-likeness (QED) is 0.799. The number of benzene rings is 1. The molecule has 0 amide bonds. The third-order valence-electron chi connectivity index (χ3n) is 4.61. The lowest BCUT2D eigenvalue weighted by Gasteiger charge is -2.58. The van der Waals surface area contributed by atoms with E-state index in [0.29, 0.717) is 12.1 Å². The molecule has 1 aromatic carbocycles. The molecule has 4 bridgehead atoms. The molecule has 1 N–H and O–H groups in total. The Morgan fingerprint density at radius 2 is 1.47 bits per heavy atom. The van der Waals surface area contributed by atoms with E-state index < -0.39 is 0 Å². The smallest absolute Gasteiger partial charge is 0.123 e. The molecule has 4 aliphatic heterocycles. The fourth-order valence-corrected chi connectivity index (χ4v) is 4.09. The molecular formula is C14H17FN2. The van der Waals surface area contributed by atoms with Crippen molar-refractivity contribution in [1.82, 2.24) is 5.32 Å². The molecule has 0 saturated carbocycles. The number of anilines is 1. The van der Waals surface area contributed by atoms with E-state index >= 15 is 0 Å². The molecule has 4 saturated heterocycles. The zero-order chi connectivity index (χ0) is 11.4. The van der Waals surface area contributed by atoms with Crippen molar-refractivity contribution in [3.05, 3.63) is 30.1 Å². The van der Waals surface area contributed by atoms with Crippen LogP contribution >= 0.6 is 0 Å². The third kappa shape index (κ3) is 1.48. The van der Waals surface area contributed by atoms with Crippen LogP contribution in [0.4, 0.5) is 10.1 Å². The summed E-state index contributed by atoms with van der Waals surface area (Å²) in [4.78, 5) is 2.55. The highest BCUT2D eigenvalue weighted by atomic mass is 19.1. The molecule has 0 radical (unpaired) electrons. The maximum Gasteiger partial charge on any atom is 0.123 e. The van der Waals surface area contributed by atoms with Crippen molar-refractivity contribution in [2.75, 3.05) is 4.90 Å². The van der Waals surface area contributed by atoms with Crippen molar-refractivity contribution < 1.29 is 4.39 Å². The summed E-state index contributed by atoms with van der Waals surface area (Å²) in [7, 11) is 0. The van der Waals surface area contributed by atoms with Gasteiger partial charge in [0.2, 0.25) is 0 Å². The first kappa shape index (κ1) is 9.89. The van der Waals surface area contributed by atoms with Crippen LogP contribution in [0.25, 0.3) is 0 Å². The van der Waals surface area contributed by atoms with Gasteiger partial charge in [0.1, 0.15) is 5.82 Å². The lowest BCUT2D eigenvalue weighted by Crippen LogP contribution is -2.67. The van der Waals surface area contributed by atoms with E-state index in [4.69, 9.17) is 0 Å². The van der Waals surface area contributed by atoms with E-state index in [1.54, 1.807) is 12.1 Å². The fraction of sp³-hybridized carbons (Fsp3) is 0.571. The Labute approximate surface area is 101 Å². The Bertz CT molecular complexity index is 400. The topological polar surface area (TPSA) is 15.3 Å². The molecule has 0 aromatic heterocycles. The van der Waals surface area contributed by atoms with E-state index in [9.17, 15) is 4.39 Å². The normalized spacial score (nSPS) is 38.8. The number of piperidine rings is 4. The lowest BCUT2D eigenvalue weighted by molar-refractivity contribution is 0.135. The highest BCUT2D eigenvalue weighted by Gasteiger charge is 2.46. The molecule has 0 aliphatic carbocycles. The van der Waals surface area contributed by atoms with Gasteiger partial charge in [-0.05, 0) is 49.9 Å². The average molecular weight is 232 g/mol. The van der Waals surface area contributed by atoms with Gasteiger partial charge < -0.3 is 10.2 Å². The van der Waals surface area contributed by atoms with Crippen LogP contribution in [0.5, 0.6) is 0 Å². The summed E-state index contributed by atoms with van der Waals surface area (Å²) in [5.74, 6) is -0.138. The largest absolute Gasteiger partial charge is 0.365 e. The SMILES string of the molecule is Fc1ccc(N2C3CC4CC2CC(C3)N4)cc1. The molecule has 4 fully saturated rings. The van der Waals surface area contributed by atoms with Crippen molar-refractivity contribution >= 4 is 5.69 Å². The Balaban J connectivity index is 1.68. The van der Waals surface area contributed by atoms with Crippen molar-refractivity contribution in [1.29, 1.82) is 0 Å². The highest BCUT2D eigenvalue weighted by molar-refractivity contribution is 5.50. The van der Waals surface area contributed by atoms with E-state index in [0.717, 1.165) is 12.1 Å². The molecule has 0 spiro atoms. The number of nitrogens with zero attached hydrogens (tertiary/aromatic N) is 1. The second-order valence-corrected chi connectivity index (χ2v) is 5.69. The van der Waals surface area contributed by atoms with Gasteiger partial charge in [0.15, 0.2) is 0 Å². The Morgan fingerprint density at radius 3 is 2.00 bits per heavy atom. The summed E-state index contributed by atoms with van der Waals surface area (Å²) in [5, 5.41) is 3.71. The molecule has 17 heavy (non-hydrogen) atoms. The Kier molecular flexibility index (Phi) is 2.01. The van der Waals surface area contributed by atoms with Crippen molar-refractivity contribution in [2.24, 2.45) is 0 Å². The summed E-state index contributed by atoms with van der Waals surface area (Å²) in [6.07, 6.45) is 5.02. The number of nitrogens with one attached hydrogen (secondary N) is 1. The minimum absolute atomic E-state index is 0.138. The zero-order valence-electron chi connectivity index (χ0n) is 9.77. The van der Waals surface area contributed by atoms with E-state index in [-0.39, 0.29) is 5.82 Å². The number of hydrogen-bond donors (Lipinski definition) is 1. The Hall–Kier alpha value is -1.09. The first-order chi connectivity index (χ1) is 8.29. The van der Waals surface area contributed by atoms with Crippen LogP contribution in [0, 0.1) is 5.82 Å². The van der Waals surface area contributed by atoms with Crippen molar-refractivity contribution in [3.8, 4) is 0 Å². The monoisotopic (exact) mass is 232 g/mol. The van der Waals surface area contributed by atoms with Gasteiger partial charge in [-0.15, -0.1) is 0 Å². The molecule has 4 aliphatic rings. The molecule has 2 nitrogen and oxygen atoms in total. The first-order valence-corrected chi connectivity index (χ1v) is 6.59. The highest BCUT2D eigenvalue weighted by Crippen LogP contribution is 2.41. The average Bonchev–Trinajstić information content (AvgIpc) is 2.30. The van der Waals surface area contributed by atoms with Crippen LogP contribution in [0.1, 0.15) is 25.7 Å². The van der Waals surface area contributed by atoms with E-state index in [2.05, 4.69) is 10.2 Å². The van der Waals surface area contributed by atoms with Crippen LogP contribution < -0.4 is 10.2 Å². The molecule has 5 rings (SSSR count). The van der Waals surface area contributed by atoms with Crippen LogP contribution in [-0.4, -0.2) is 24.2 Å². The second kappa shape index (κ2) is 3.45. The molecule has 90 valence electrons. The third-order valence-corrected chi connectivity index (χ3v) is 4.61. The predicted octanol–water partition coefficient (Wildman–Crippen LogP) is 2.30. The molecule has 3 heteroatoms. The second-order valence-electron chi connectivity index (χ2n) is 5.69. The van der Waals surface area contributed by atoms with Crippen molar-refractivity contribution in [3.63, 3.8) is 0 Å². The lowest BCUT2D eigenvalue weighted by atomic mass is 9.74. The molecule has 4 heterocycles. The summed E-state index contributed by atoms with van der Waals surface area (Å²) >= 11 is 0. The molecule has 0 atom stereocenters. The molecule has 1 aromatic rings.